The second kappa shape index (κ2) is 10.1. The third kappa shape index (κ3) is 5.64. The Kier molecular flexibility index (Phi) is 7.83. The number of hydrogen-bond donors (Lipinski definition) is 2. The van der Waals surface area contributed by atoms with Crippen LogP contribution in [0.25, 0.3) is 22.6 Å². The molecule has 2 heterocycles. The van der Waals surface area contributed by atoms with Gasteiger partial charge in [0.05, 0.1) is 11.2 Å². The van der Waals surface area contributed by atoms with Crippen LogP contribution in [0.1, 0.15) is 39.0 Å². The maximum absolute atomic E-state index is 13.1. The number of nitrogens with two attached hydrogens (primary N) is 1. The van der Waals surface area contributed by atoms with Gasteiger partial charge in [-0.25, -0.2) is 9.36 Å². The van der Waals surface area contributed by atoms with Gasteiger partial charge in [-0.3, -0.25) is 0 Å². The van der Waals surface area contributed by atoms with Crippen molar-refractivity contribution in [3.05, 3.63) is 84.3 Å². The number of nitrogens with zero attached hydrogens (tertiary/aromatic N) is 1. The van der Waals surface area contributed by atoms with E-state index in [-0.39, 0.29) is 6.09 Å². The minimum Gasteiger partial charge on any atom is -0.443 e. The third-order valence-electron chi connectivity index (χ3n) is 4.65. The van der Waals surface area contributed by atoms with Crippen LogP contribution in [-0.2, 0) is 4.74 Å². The van der Waals surface area contributed by atoms with Crippen molar-refractivity contribution in [1.29, 1.82) is 0 Å². The minimum absolute atomic E-state index is 0.386. The summed E-state index contributed by atoms with van der Waals surface area (Å²) in [6, 6.07) is 8.01. The molecule has 0 radical (unpaired) electrons. The van der Waals surface area contributed by atoms with Crippen LogP contribution in [0.5, 0.6) is 0 Å². The highest BCUT2D eigenvalue weighted by molar-refractivity contribution is 5.96. The molecule has 0 fully saturated rings. The summed E-state index contributed by atoms with van der Waals surface area (Å²) >= 11 is 0. The molecule has 5 nitrogen and oxygen atoms in total. The number of fused-ring (bicyclic) bond motifs is 1. The van der Waals surface area contributed by atoms with E-state index in [2.05, 4.69) is 30.3 Å². The molecule has 31 heavy (non-hydrogen) atoms. The quantitative estimate of drug-likeness (QED) is 0.629. The summed E-state index contributed by atoms with van der Waals surface area (Å²) in [5, 5.41) is 4.41. The van der Waals surface area contributed by atoms with Gasteiger partial charge in [-0.15, -0.1) is 0 Å². The fraction of sp³-hybridized carbons (Fsp3) is 0.269. The van der Waals surface area contributed by atoms with Crippen molar-refractivity contribution in [3.8, 4) is 0 Å². The molecule has 0 atom stereocenters. The van der Waals surface area contributed by atoms with Crippen LogP contribution in [0, 0.1) is 0 Å². The molecule has 0 amide bonds. The maximum Gasteiger partial charge on any atom is 0.419 e. The van der Waals surface area contributed by atoms with E-state index in [0.29, 0.717) is 6.54 Å². The van der Waals surface area contributed by atoms with Gasteiger partial charge >= 0.3 is 6.09 Å². The second-order valence-electron chi connectivity index (χ2n) is 8.08. The summed E-state index contributed by atoms with van der Waals surface area (Å²) in [5.74, 6) is 0. The zero-order valence-electron chi connectivity index (χ0n) is 19.2. The molecule has 1 aliphatic heterocycles. The lowest BCUT2D eigenvalue weighted by Gasteiger charge is -2.23. The third-order valence-corrected chi connectivity index (χ3v) is 4.65. The van der Waals surface area contributed by atoms with E-state index in [1.807, 2.05) is 64.1 Å². The minimum atomic E-state index is -0.585. The average Bonchev–Trinajstić information content (AvgIpc) is 3.11. The molecule has 3 rings (SSSR count). The predicted molar refractivity (Wildman–Crippen MR) is 132 cm³/mol. The lowest BCUT2D eigenvalue weighted by atomic mass is 10.0. The van der Waals surface area contributed by atoms with Crippen molar-refractivity contribution < 1.29 is 9.53 Å². The van der Waals surface area contributed by atoms with Gasteiger partial charge in [0.25, 0.3) is 0 Å². The van der Waals surface area contributed by atoms with Crippen molar-refractivity contribution in [2.75, 3.05) is 13.6 Å². The first-order valence-corrected chi connectivity index (χ1v) is 10.3. The van der Waals surface area contributed by atoms with Crippen LogP contribution in [0.15, 0.2) is 73.0 Å². The Morgan fingerprint density at radius 2 is 1.94 bits per heavy atom. The van der Waals surface area contributed by atoms with Gasteiger partial charge in [0.1, 0.15) is 5.60 Å². The van der Waals surface area contributed by atoms with Gasteiger partial charge < -0.3 is 15.8 Å². The number of carbonyl (C=O) groups excluding carboxylic acids is 1. The smallest absolute Gasteiger partial charge is 0.419 e. The van der Waals surface area contributed by atoms with Crippen LogP contribution in [0.4, 0.5) is 4.79 Å². The van der Waals surface area contributed by atoms with Crippen molar-refractivity contribution in [1.82, 2.24) is 9.88 Å². The molecule has 0 saturated carbocycles. The standard InChI is InChI=1S/C25H28N2O2.CH5N/c1-7-9-10-21-17(3)13-20(16-26-21)23-15-19-12-11-18(8-2)14-22(19)27(23)24(28)29-25(4,5)6;1-2/h7-15,26H,1-2,16H2,3-6H3;2H2,1H3/b10-9-;. The SMILES string of the molecule is C=C/C=C\C1=C(C)C=C(c2cc3ccc(C=C)cc3n2C(=O)OC(C)(C)C)CN1.CN. The average molecular weight is 420 g/mol. The Bertz CT molecular complexity index is 1080. The highest BCUT2D eigenvalue weighted by atomic mass is 16.6. The Labute approximate surface area is 185 Å². The van der Waals surface area contributed by atoms with Crippen molar-refractivity contribution >= 4 is 28.6 Å². The van der Waals surface area contributed by atoms with E-state index in [1.165, 1.54) is 7.05 Å². The van der Waals surface area contributed by atoms with E-state index in [4.69, 9.17) is 4.74 Å². The van der Waals surface area contributed by atoms with Crippen LogP contribution in [0.2, 0.25) is 0 Å². The molecular formula is C26H33N3O2. The number of aromatic nitrogens is 1. The van der Waals surface area contributed by atoms with E-state index < -0.39 is 5.60 Å². The summed E-state index contributed by atoms with van der Waals surface area (Å²) in [5.41, 5.74) is 9.68. The topological polar surface area (TPSA) is 69.3 Å². The number of dihydropyridines is 1. The number of ether oxygens (including phenoxy) is 1. The van der Waals surface area contributed by atoms with E-state index >= 15 is 0 Å². The van der Waals surface area contributed by atoms with Crippen LogP contribution < -0.4 is 11.1 Å². The second-order valence-corrected chi connectivity index (χ2v) is 8.08. The monoisotopic (exact) mass is 419 g/mol. The van der Waals surface area contributed by atoms with Gasteiger partial charge in [-0.2, -0.15) is 0 Å². The van der Waals surface area contributed by atoms with Gasteiger partial charge in [-0.05, 0) is 69.7 Å². The molecule has 3 N–H and O–H groups in total. The van der Waals surface area contributed by atoms with Crippen LogP contribution in [0.3, 0.4) is 0 Å². The molecule has 0 spiro atoms. The largest absolute Gasteiger partial charge is 0.443 e. The van der Waals surface area contributed by atoms with Crippen molar-refractivity contribution in [3.63, 3.8) is 0 Å². The van der Waals surface area contributed by atoms with Gasteiger partial charge in [-0.1, -0.05) is 49.6 Å². The molecule has 0 aliphatic carbocycles. The molecule has 164 valence electrons. The normalized spacial score (nSPS) is 13.9. The molecule has 1 aromatic heterocycles. The summed E-state index contributed by atoms with van der Waals surface area (Å²) in [6.45, 7) is 15.8. The first-order valence-electron chi connectivity index (χ1n) is 10.3. The Morgan fingerprint density at radius 3 is 2.52 bits per heavy atom. The molecule has 0 bridgehead atoms. The fourth-order valence-corrected chi connectivity index (χ4v) is 3.32. The van der Waals surface area contributed by atoms with Crippen LogP contribution >= 0.6 is 0 Å². The van der Waals surface area contributed by atoms with Gasteiger partial charge in [0, 0.05) is 17.6 Å². The summed E-state index contributed by atoms with van der Waals surface area (Å²) in [6.07, 6.45) is 9.15. The summed E-state index contributed by atoms with van der Waals surface area (Å²) in [7, 11) is 1.50. The van der Waals surface area contributed by atoms with E-state index in [0.717, 1.165) is 39.0 Å². The van der Waals surface area contributed by atoms with Crippen molar-refractivity contribution in [2.24, 2.45) is 5.73 Å². The Hall–Kier alpha value is -3.31. The number of allylic oxidation sites excluding steroid dienone is 5. The molecule has 2 aromatic rings. The zero-order valence-corrected chi connectivity index (χ0v) is 19.2. The van der Waals surface area contributed by atoms with E-state index in [9.17, 15) is 4.79 Å². The number of benzene rings is 1. The fourth-order valence-electron chi connectivity index (χ4n) is 3.32. The molecular weight excluding hydrogens is 386 g/mol. The van der Waals surface area contributed by atoms with Gasteiger partial charge in [0.2, 0.25) is 0 Å². The molecule has 1 aromatic carbocycles. The number of carbonyl (C=O) groups is 1. The first kappa shape index (κ1) is 24.0. The summed E-state index contributed by atoms with van der Waals surface area (Å²) in [4.78, 5) is 13.1. The molecule has 5 heteroatoms. The van der Waals surface area contributed by atoms with Gasteiger partial charge in [0.15, 0.2) is 0 Å². The first-order chi connectivity index (χ1) is 14.7. The maximum atomic E-state index is 13.1. The lowest BCUT2D eigenvalue weighted by molar-refractivity contribution is 0.0543. The Morgan fingerprint density at radius 1 is 1.23 bits per heavy atom. The highest BCUT2D eigenvalue weighted by Gasteiger charge is 2.24. The molecule has 1 aliphatic rings. The highest BCUT2D eigenvalue weighted by Crippen LogP contribution is 2.30. The Balaban J connectivity index is 0.00000166. The van der Waals surface area contributed by atoms with Crippen LogP contribution in [-0.4, -0.2) is 29.9 Å². The van der Waals surface area contributed by atoms with Crippen molar-refractivity contribution in [2.45, 2.75) is 33.3 Å². The zero-order chi connectivity index (χ0) is 23.2. The summed E-state index contributed by atoms with van der Waals surface area (Å²) < 4.78 is 7.38. The lowest BCUT2D eigenvalue weighted by Crippen LogP contribution is -2.29. The number of nitrogens with one attached hydrogen (secondary N) is 1. The number of rotatable bonds is 4. The molecule has 0 unspecified atom stereocenters. The predicted octanol–water partition coefficient (Wildman–Crippen LogP) is 5.65. The number of hydrogen-bond acceptors (Lipinski definition) is 4. The van der Waals surface area contributed by atoms with E-state index in [1.54, 1.807) is 16.7 Å². The molecule has 0 saturated heterocycles.